The third kappa shape index (κ3) is 6.02. The molecule has 0 spiro atoms. The number of halogens is 3. The Bertz CT molecular complexity index is 1130. The van der Waals surface area contributed by atoms with E-state index < -0.39 is 20.1 Å². The summed E-state index contributed by atoms with van der Waals surface area (Å²) in [5.74, 6) is 1.57. The maximum atomic E-state index is 13.4. The molecule has 0 aliphatic carbocycles. The van der Waals surface area contributed by atoms with Gasteiger partial charge in [0, 0.05) is 21.1 Å². The van der Waals surface area contributed by atoms with Crippen molar-refractivity contribution in [3.8, 4) is 16.3 Å². The lowest BCUT2D eigenvalue weighted by molar-refractivity contribution is -0.137. The van der Waals surface area contributed by atoms with E-state index in [2.05, 4.69) is 57.9 Å². The third-order valence-electron chi connectivity index (χ3n) is 6.04. The van der Waals surface area contributed by atoms with Crippen molar-refractivity contribution >= 4 is 31.4 Å². The van der Waals surface area contributed by atoms with Crippen molar-refractivity contribution in [1.29, 1.82) is 0 Å². The van der Waals surface area contributed by atoms with Crippen LogP contribution in [0.25, 0.3) is 10.6 Å². The van der Waals surface area contributed by atoms with Gasteiger partial charge in [-0.15, -0.1) is 23.1 Å². The van der Waals surface area contributed by atoms with Crippen molar-refractivity contribution in [3.63, 3.8) is 0 Å². The van der Waals surface area contributed by atoms with Crippen LogP contribution in [0.1, 0.15) is 42.5 Å². The predicted octanol–water partition coefficient (Wildman–Crippen LogP) is 9.12. The summed E-state index contributed by atoms with van der Waals surface area (Å²) in [7, 11) is -1.91. The van der Waals surface area contributed by atoms with Gasteiger partial charge in [0.1, 0.15) is 10.8 Å². The summed E-state index contributed by atoms with van der Waals surface area (Å²) in [6.45, 7) is 15.0. The smallest absolute Gasteiger partial charge is 0.417 e. The standard InChI is InChI=1S/C25H30F3NOS2Si/c1-16-14-18(12-13-21(16)30-33(6,7)24(3,4)5)31-15-22-17(2)29-23(32-22)19-10-8-9-11-20(19)25(26,27)28/h8-14H,15H2,1-7H3. The molecule has 3 aromatic rings. The molecule has 2 aromatic carbocycles. The molecule has 178 valence electrons. The van der Waals surface area contributed by atoms with Gasteiger partial charge in [-0.1, -0.05) is 39.0 Å². The molecule has 33 heavy (non-hydrogen) atoms. The minimum absolute atomic E-state index is 0.124. The number of hydrogen-bond donors (Lipinski definition) is 0. The van der Waals surface area contributed by atoms with Crippen LogP contribution in [0.5, 0.6) is 5.75 Å². The van der Waals surface area contributed by atoms with Crippen LogP contribution in [0.3, 0.4) is 0 Å². The van der Waals surface area contributed by atoms with Gasteiger partial charge in [0.15, 0.2) is 0 Å². The SMILES string of the molecule is Cc1cc(SCc2sc(-c3ccccc3C(F)(F)F)nc2C)ccc1O[Si](C)(C)C(C)(C)C. The van der Waals surface area contributed by atoms with E-state index >= 15 is 0 Å². The minimum Gasteiger partial charge on any atom is -0.543 e. The average Bonchev–Trinajstić information content (AvgIpc) is 3.07. The van der Waals surface area contributed by atoms with Crippen LogP contribution in [0.2, 0.25) is 18.1 Å². The first-order valence-electron chi connectivity index (χ1n) is 10.7. The zero-order valence-electron chi connectivity index (χ0n) is 20.1. The van der Waals surface area contributed by atoms with Crippen LogP contribution >= 0.6 is 23.1 Å². The van der Waals surface area contributed by atoms with E-state index in [0.717, 1.165) is 32.8 Å². The van der Waals surface area contributed by atoms with Crippen molar-refractivity contribution < 1.29 is 17.6 Å². The van der Waals surface area contributed by atoms with Crippen molar-refractivity contribution in [2.45, 2.75) is 69.6 Å². The summed E-state index contributed by atoms with van der Waals surface area (Å²) in [4.78, 5) is 6.53. The highest BCUT2D eigenvalue weighted by Gasteiger charge is 2.39. The summed E-state index contributed by atoms with van der Waals surface area (Å²) in [5.41, 5.74) is 1.35. The Morgan fingerprint density at radius 2 is 1.70 bits per heavy atom. The van der Waals surface area contributed by atoms with E-state index in [1.807, 2.05) is 13.0 Å². The highest BCUT2D eigenvalue weighted by molar-refractivity contribution is 7.98. The molecule has 0 amide bonds. The first-order chi connectivity index (χ1) is 15.2. The molecule has 2 nitrogen and oxygen atoms in total. The largest absolute Gasteiger partial charge is 0.543 e. The van der Waals surface area contributed by atoms with E-state index in [1.165, 1.54) is 23.5 Å². The Balaban J connectivity index is 1.76. The first kappa shape index (κ1) is 25.8. The summed E-state index contributed by atoms with van der Waals surface area (Å²) in [5, 5.41) is 0.532. The van der Waals surface area contributed by atoms with E-state index in [-0.39, 0.29) is 10.6 Å². The maximum absolute atomic E-state index is 13.4. The number of nitrogens with zero attached hydrogens (tertiary/aromatic N) is 1. The number of aryl methyl sites for hydroxylation is 2. The van der Waals surface area contributed by atoms with Gasteiger partial charge in [-0.25, -0.2) is 4.98 Å². The lowest BCUT2D eigenvalue weighted by Crippen LogP contribution is -2.44. The zero-order chi connectivity index (χ0) is 24.6. The van der Waals surface area contributed by atoms with Gasteiger partial charge in [0.2, 0.25) is 8.32 Å². The molecule has 1 aromatic heterocycles. The van der Waals surface area contributed by atoms with Gasteiger partial charge in [-0.05, 0) is 61.8 Å². The van der Waals surface area contributed by atoms with Crippen LogP contribution in [0.4, 0.5) is 13.2 Å². The molecular weight excluding hydrogens is 479 g/mol. The fraction of sp³-hybridized carbons (Fsp3) is 0.400. The van der Waals surface area contributed by atoms with Crippen LogP contribution in [-0.2, 0) is 11.9 Å². The Kier molecular flexibility index (Phi) is 7.41. The van der Waals surface area contributed by atoms with Crippen LogP contribution in [0, 0.1) is 13.8 Å². The lowest BCUT2D eigenvalue weighted by atomic mass is 10.1. The van der Waals surface area contributed by atoms with E-state index in [9.17, 15) is 13.2 Å². The third-order valence-corrected chi connectivity index (χ3v) is 12.8. The molecule has 0 radical (unpaired) electrons. The van der Waals surface area contributed by atoms with Gasteiger partial charge < -0.3 is 4.43 Å². The van der Waals surface area contributed by atoms with E-state index in [0.29, 0.717) is 10.8 Å². The van der Waals surface area contributed by atoms with Crippen molar-refractivity contribution in [2.75, 3.05) is 0 Å². The number of benzene rings is 2. The Hall–Kier alpha value is -1.77. The van der Waals surface area contributed by atoms with Gasteiger partial charge in [-0.2, -0.15) is 13.2 Å². The molecule has 0 saturated heterocycles. The average molecular weight is 510 g/mol. The van der Waals surface area contributed by atoms with Crippen molar-refractivity contribution in [2.24, 2.45) is 0 Å². The second kappa shape index (κ2) is 9.47. The Labute approximate surface area is 203 Å². The van der Waals surface area contributed by atoms with Gasteiger partial charge in [0.25, 0.3) is 0 Å². The molecule has 0 saturated carbocycles. The van der Waals surface area contributed by atoms with Crippen LogP contribution in [0.15, 0.2) is 47.4 Å². The van der Waals surface area contributed by atoms with Crippen molar-refractivity contribution in [3.05, 3.63) is 64.2 Å². The topological polar surface area (TPSA) is 22.1 Å². The normalized spacial score (nSPS) is 12.8. The van der Waals surface area contributed by atoms with Gasteiger partial charge >= 0.3 is 6.18 Å². The number of alkyl halides is 3. The number of thioether (sulfide) groups is 1. The quantitative estimate of drug-likeness (QED) is 0.244. The maximum Gasteiger partial charge on any atom is 0.417 e. The molecule has 0 atom stereocenters. The fourth-order valence-corrected chi connectivity index (χ4v) is 6.32. The number of hydrogen-bond acceptors (Lipinski definition) is 4. The summed E-state index contributed by atoms with van der Waals surface area (Å²) in [6.07, 6.45) is -4.41. The van der Waals surface area contributed by atoms with Gasteiger partial charge in [0.05, 0.1) is 11.3 Å². The van der Waals surface area contributed by atoms with Crippen LogP contribution in [-0.4, -0.2) is 13.3 Å². The number of thiazole rings is 1. The fourth-order valence-electron chi connectivity index (χ4n) is 3.00. The molecular formula is C25H30F3NOS2Si. The molecule has 0 unspecified atom stereocenters. The minimum atomic E-state index is -4.41. The summed E-state index contributed by atoms with van der Waals surface area (Å²) < 4.78 is 46.7. The second-order valence-corrected chi connectivity index (χ2v) is 16.5. The summed E-state index contributed by atoms with van der Waals surface area (Å²) >= 11 is 2.99. The molecule has 3 rings (SSSR count). The zero-order valence-corrected chi connectivity index (χ0v) is 22.7. The first-order valence-corrected chi connectivity index (χ1v) is 15.5. The van der Waals surface area contributed by atoms with Crippen LogP contribution < -0.4 is 4.43 Å². The predicted molar refractivity (Wildman–Crippen MR) is 136 cm³/mol. The lowest BCUT2D eigenvalue weighted by Gasteiger charge is -2.37. The molecule has 8 heteroatoms. The highest BCUT2D eigenvalue weighted by Crippen LogP contribution is 2.41. The van der Waals surface area contributed by atoms with Crippen molar-refractivity contribution in [1.82, 2.24) is 4.98 Å². The monoisotopic (exact) mass is 509 g/mol. The second-order valence-electron chi connectivity index (χ2n) is 9.65. The van der Waals surface area contributed by atoms with E-state index in [4.69, 9.17) is 4.43 Å². The molecule has 0 aliphatic heterocycles. The number of aromatic nitrogens is 1. The Morgan fingerprint density at radius 3 is 2.30 bits per heavy atom. The molecule has 0 fully saturated rings. The molecule has 0 bridgehead atoms. The Morgan fingerprint density at radius 1 is 1.03 bits per heavy atom. The van der Waals surface area contributed by atoms with E-state index in [1.54, 1.807) is 17.8 Å². The highest BCUT2D eigenvalue weighted by atomic mass is 32.2. The molecule has 0 N–H and O–H groups in total. The summed E-state index contributed by atoms with van der Waals surface area (Å²) in [6, 6.07) is 11.8. The molecule has 1 heterocycles. The number of rotatable bonds is 6. The van der Waals surface area contributed by atoms with Gasteiger partial charge in [-0.3, -0.25) is 0 Å². The molecule has 0 aliphatic rings.